The highest BCUT2D eigenvalue weighted by Crippen LogP contribution is 2.36. The quantitative estimate of drug-likeness (QED) is 0.211. The fraction of sp³-hybridized carbons (Fsp3) is 0.0476. The molecule has 0 aliphatic carbocycles. The Hall–Kier alpha value is -2.94. The zero-order valence-corrected chi connectivity index (χ0v) is 14.4. The molecule has 0 aliphatic rings. The second kappa shape index (κ2) is 8.78. The van der Waals surface area contributed by atoms with E-state index in [9.17, 15) is 0 Å². The summed E-state index contributed by atoms with van der Waals surface area (Å²) in [5.74, 6) is 0.820. The molecule has 3 aromatic carbocycles. The van der Waals surface area contributed by atoms with Crippen molar-refractivity contribution in [3.63, 3.8) is 0 Å². The van der Waals surface area contributed by atoms with E-state index in [-0.39, 0.29) is 0 Å². The van der Waals surface area contributed by atoms with Crippen LogP contribution in [0.1, 0.15) is 16.7 Å². The van der Waals surface area contributed by atoms with Crippen LogP contribution >= 0.6 is 11.8 Å². The van der Waals surface area contributed by atoms with Crippen molar-refractivity contribution in [3.05, 3.63) is 118 Å². The van der Waals surface area contributed by atoms with Gasteiger partial charge >= 0.3 is 0 Å². The Morgan fingerprint density at radius 1 is 0.880 bits per heavy atom. The lowest BCUT2D eigenvalue weighted by Gasteiger charge is -2.10. The lowest BCUT2D eigenvalue weighted by Crippen LogP contribution is -1.86. The van der Waals surface area contributed by atoms with E-state index >= 15 is 0 Å². The van der Waals surface area contributed by atoms with Gasteiger partial charge in [-0.05, 0) is 22.2 Å². The normalized spacial score (nSPS) is 11.0. The zero-order chi connectivity index (χ0) is 17.3. The number of hydrogen-bond acceptors (Lipinski definition) is 2. The molecule has 3 aromatic rings. The molecule has 0 aliphatic heterocycles. The Morgan fingerprint density at radius 2 is 1.52 bits per heavy atom. The van der Waals surface area contributed by atoms with Crippen LogP contribution in [0.5, 0.6) is 0 Å². The highest BCUT2D eigenvalue weighted by Gasteiger charge is 2.08. The van der Waals surface area contributed by atoms with Crippen LogP contribution in [0.15, 0.2) is 90.0 Å². The lowest BCUT2D eigenvalue weighted by molar-refractivity contribution is 1.42. The van der Waals surface area contributed by atoms with Crippen LogP contribution in [-0.2, 0) is 5.75 Å². The fourth-order valence-electron chi connectivity index (χ4n) is 2.36. The SMILES string of the molecule is [N-]=[N+]=Nc1ccccc1C(=[C]c1ccccc1)SCc1ccccc1. The first-order chi connectivity index (χ1) is 12.4. The first-order valence-corrected chi connectivity index (χ1v) is 8.85. The summed E-state index contributed by atoms with van der Waals surface area (Å²) in [6.45, 7) is 0. The van der Waals surface area contributed by atoms with Gasteiger partial charge in [-0.15, -0.1) is 11.8 Å². The second-order valence-electron chi connectivity index (χ2n) is 5.30. The number of thioether (sulfide) groups is 1. The highest BCUT2D eigenvalue weighted by molar-refractivity contribution is 8.07. The molecule has 3 nitrogen and oxygen atoms in total. The van der Waals surface area contributed by atoms with Gasteiger partial charge < -0.3 is 0 Å². The molecule has 0 bridgehead atoms. The highest BCUT2D eigenvalue weighted by atomic mass is 32.2. The summed E-state index contributed by atoms with van der Waals surface area (Å²) in [5, 5.41) is 3.83. The molecule has 0 spiro atoms. The standard InChI is InChI=1S/C21H16N3S/c22-24-23-20-14-8-7-13-19(20)21(15-17-9-3-1-4-10-17)25-16-18-11-5-2-6-12-18/h1-14H,16H2. The summed E-state index contributed by atoms with van der Waals surface area (Å²) in [7, 11) is 0. The maximum atomic E-state index is 8.85. The van der Waals surface area contributed by atoms with Crippen molar-refractivity contribution >= 4 is 22.4 Å². The molecular formula is C21H16N3S. The first kappa shape index (κ1) is 16.9. The second-order valence-corrected chi connectivity index (χ2v) is 6.29. The van der Waals surface area contributed by atoms with Gasteiger partial charge in [0.15, 0.2) is 0 Å². The van der Waals surface area contributed by atoms with Gasteiger partial charge in [0, 0.05) is 27.3 Å². The first-order valence-electron chi connectivity index (χ1n) is 7.87. The maximum absolute atomic E-state index is 8.85. The van der Waals surface area contributed by atoms with Crippen molar-refractivity contribution in [2.75, 3.05) is 0 Å². The van der Waals surface area contributed by atoms with Gasteiger partial charge in [-0.3, -0.25) is 0 Å². The molecule has 121 valence electrons. The number of benzene rings is 3. The summed E-state index contributed by atoms with van der Waals surface area (Å²) >= 11 is 1.68. The van der Waals surface area contributed by atoms with E-state index in [0.717, 1.165) is 21.8 Å². The van der Waals surface area contributed by atoms with Gasteiger partial charge in [0.2, 0.25) is 0 Å². The van der Waals surface area contributed by atoms with Gasteiger partial charge in [-0.1, -0.05) is 90.0 Å². The van der Waals surface area contributed by atoms with E-state index < -0.39 is 0 Å². The van der Waals surface area contributed by atoms with Gasteiger partial charge in [0.1, 0.15) is 0 Å². The van der Waals surface area contributed by atoms with E-state index in [1.54, 1.807) is 11.8 Å². The molecule has 3 rings (SSSR count). The van der Waals surface area contributed by atoms with Crippen LogP contribution in [0.4, 0.5) is 5.69 Å². The molecule has 0 saturated heterocycles. The number of hydrogen-bond donors (Lipinski definition) is 0. The van der Waals surface area contributed by atoms with E-state index in [0.29, 0.717) is 5.69 Å². The van der Waals surface area contributed by atoms with Crippen molar-refractivity contribution in [3.8, 4) is 0 Å². The van der Waals surface area contributed by atoms with Crippen LogP contribution in [0.2, 0.25) is 0 Å². The number of nitrogens with zero attached hydrogens (tertiary/aromatic N) is 3. The van der Waals surface area contributed by atoms with Crippen LogP contribution < -0.4 is 0 Å². The Morgan fingerprint density at radius 3 is 2.24 bits per heavy atom. The van der Waals surface area contributed by atoms with Crippen molar-refractivity contribution in [2.24, 2.45) is 5.11 Å². The molecule has 25 heavy (non-hydrogen) atoms. The Kier molecular flexibility index (Phi) is 5.94. The van der Waals surface area contributed by atoms with Crippen LogP contribution in [-0.4, -0.2) is 0 Å². The third kappa shape index (κ3) is 4.77. The topological polar surface area (TPSA) is 48.8 Å². The molecule has 0 heterocycles. The minimum Gasteiger partial charge on any atom is -0.120 e. The summed E-state index contributed by atoms with van der Waals surface area (Å²) < 4.78 is 0. The minimum absolute atomic E-state index is 0.615. The van der Waals surface area contributed by atoms with Crippen molar-refractivity contribution in [1.82, 2.24) is 0 Å². The van der Waals surface area contributed by atoms with E-state index in [2.05, 4.69) is 28.2 Å². The molecule has 4 heteroatoms. The summed E-state index contributed by atoms with van der Waals surface area (Å²) in [4.78, 5) is 3.91. The molecule has 0 amide bonds. The molecule has 0 aromatic heterocycles. The molecule has 0 saturated carbocycles. The fourth-order valence-corrected chi connectivity index (χ4v) is 3.39. The Balaban J connectivity index is 1.97. The smallest absolute Gasteiger partial charge is 0.0459 e. The molecule has 0 unspecified atom stereocenters. The van der Waals surface area contributed by atoms with Crippen LogP contribution in [0, 0.1) is 6.08 Å². The molecule has 0 atom stereocenters. The summed E-state index contributed by atoms with van der Waals surface area (Å²) in [6, 6.07) is 27.9. The van der Waals surface area contributed by atoms with E-state index in [1.165, 1.54) is 5.56 Å². The Labute approximate surface area is 151 Å². The van der Waals surface area contributed by atoms with Gasteiger partial charge in [0.25, 0.3) is 0 Å². The van der Waals surface area contributed by atoms with Crippen LogP contribution in [0.25, 0.3) is 15.3 Å². The lowest BCUT2D eigenvalue weighted by atomic mass is 10.1. The average Bonchev–Trinajstić information content (AvgIpc) is 2.68. The average molecular weight is 342 g/mol. The molecule has 0 N–H and O–H groups in total. The predicted molar refractivity (Wildman–Crippen MR) is 105 cm³/mol. The summed E-state index contributed by atoms with van der Waals surface area (Å²) in [5.41, 5.74) is 12.6. The summed E-state index contributed by atoms with van der Waals surface area (Å²) in [6.07, 6.45) is 3.46. The predicted octanol–water partition coefficient (Wildman–Crippen LogP) is 6.75. The van der Waals surface area contributed by atoms with E-state index in [1.807, 2.05) is 72.8 Å². The van der Waals surface area contributed by atoms with Crippen molar-refractivity contribution in [2.45, 2.75) is 5.75 Å². The van der Waals surface area contributed by atoms with Gasteiger partial charge in [0.05, 0.1) is 0 Å². The van der Waals surface area contributed by atoms with Gasteiger partial charge in [-0.25, -0.2) is 0 Å². The van der Waals surface area contributed by atoms with Crippen molar-refractivity contribution < 1.29 is 0 Å². The molecular weight excluding hydrogens is 326 g/mol. The van der Waals surface area contributed by atoms with E-state index in [4.69, 9.17) is 5.53 Å². The Bertz CT molecular complexity index is 899. The minimum atomic E-state index is 0.615. The molecule has 1 radical (unpaired) electrons. The van der Waals surface area contributed by atoms with Crippen LogP contribution in [0.3, 0.4) is 0 Å². The zero-order valence-electron chi connectivity index (χ0n) is 13.5. The largest absolute Gasteiger partial charge is 0.120 e. The third-order valence-corrected chi connectivity index (χ3v) is 4.65. The van der Waals surface area contributed by atoms with Crippen molar-refractivity contribution in [1.29, 1.82) is 0 Å². The molecule has 0 fully saturated rings. The third-order valence-electron chi connectivity index (χ3n) is 3.56. The monoisotopic (exact) mass is 342 g/mol. The maximum Gasteiger partial charge on any atom is 0.0459 e. The number of rotatable bonds is 6. The van der Waals surface area contributed by atoms with Gasteiger partial charge in [-0.2, -0.15) is 0 Å². The number of azide groups is 1.